The molecule has 0 saturated heterocycles. The van der Waals surface area contributed by atoms with Gasteiger partial charge in [0.1, 0.15) is 11.5 Å². The fraction of sp³-hybridized carbons (Fsp3) is 0.471. The normalized spacial score (nSPS) is 9.88. The van der Waals surface area contributed by atoms with Crippen LogP contribution in [0.15, 0.2) is 18.2 Å². The van der Waals surface area contributed by atoms with Gasteiger partial charge in [-0.15, -0.1) is 0 Å². The summed E-state index contributed by atoms with van der Waals surface area (Å²) in [6, 6.07) is 5.34. The molecule has 0 saturated carbocycles. The maximum absolute atomic E-state index is 11.7. The van der Waals surface area contributed by atoms with Gasteiger partial charge in [-0.3, -0.25) is 14.4 Å². The summed E-state index contributed by atoms with van der Waals surface area (Å²) in [5, 5.41) is 4.91. The number of rotatable bonds is 10. The van der Waals surface area contributed by atoms with E-state index in [4.69, 9.17) is 14.2 Å². The molecule has 0 unspecified atom stereocenters. The van der Waals surface area contributed by atoms with Crippen molar-refractivity contribution in [3.8, 4) is 11.5 Å². The number of benzene rings is 1. The Bertz CT molecular complexity index is 581. The van der Waals surface area contributed by atoms with Gasteiger partial charge >= 0.3 is 5.97 Å². The largest absolute Gasteiger partial charge is 0.497 e. The van der Waals surface area contributed by atoms with E-state index in [-0.39, 0.29) is 18.9 Å². The van der Waals surface area contributed by atoms with E-state index >= 15 is 0 Å². The first kappa shape index (κ1) is 20.3. The molecule has 25 heavy (non-hydrogen) atoms. The molecule has 1 rings (SSSR count). The maximum atomic E-state index is 11.7. The fourth-order valence-corrected chi connectivity index (χ4v) is 1.96. The van der Waals surface area contributed by atoms with E-state index in [0.29, 0.717) is 24.5 Å². The summed E-state index contributed by atoms with van der Waals surface area (Å²) in [6.45, 7) is 1.70. The predicted molar refractivity (Wildman–Crippen MR) is 90.5 cm³/mol. The van der Waals surface area contributed by atoms with Crippen LogP contribution < -0.4 is 20.1 Å². The van der Waals surface area contributed by atoms with Crippen molar-refractivity contribution in [2.45, 2.75) is 19.8 Å². The number of ether oxygens (including phenoxy) is 3. The van der Waals surface area contributed by atoms with Gasteiger partial charge in [0.15, 0.2) is 6.61 Å². The van der Waals surface area contributed by atoms with Crippen molar-refractivity contribution in [3.05, 3.63) is 23.8 Å². The minimum absolute atomic E-state index is 0.111. The summed E-state index contributed by atoms with van der Waals surface area (Å²) in [5.41, 5.74) is 0.855. The minimum Gasteiger partial charge on any atom is -0.497 e. The molecule has 0 aromatic heterocycles. The van der Waals surface area contributed by atoms with E-state index in [0.717, 1.165) is 5.56 Å². The fourth-order valence-electron chi connectivity index (χ4n) is 1.96. The first-order chi connectivity index (χ1) is 12.0. The first-order valence-corrected chi connectivity index (χ1v) is 7.89. The highest BCUT2D eigenvalue weighted by Gasteiger charge is 2.10. The average Bonchev–Trinajstić information content (AvgIpc) is 2.62. The van der Waals surface area contributed by atoms with Crippen molar-refractivity contribution in [2.24, 2.45) is 0 Å². The summed E-state index contributed by atoms with van der Waals surface area (Å²) < 4.78 is 15.2. The summed E-state index contributed by atoms with van der Waals surface area (Å²) >= 11 is 0. The molecular weight excluding hydrogens is 328 g/mol. The van der Waals surface area contributed by atoms with E-state index in [9.17, 15) is 14.4 Å². The molecule has 0 atom stereocenters. The SMILES string of the molecule is CCNC(=O)CNC(=O)COC(=O)CCc1cc(OC)cc(OC)c1. The minimum atomic E-state index is -0.525. The Labute approximate surface area is 146 Å². The molecule has 0 radical (unpaired) electrons. The highest BCUT2D eigenvalue weighted by atomic mass is 16.5. The van der Waals surface area contributed by atoms with Crippen molar-refractivity contribution in [2.75, 3.05) is 33.9 Å². The van der Waals surface area contributed by atoms with E-state index in [1.165, 1.54) is 0 Å². The molecule has 0 aliphatic carbocycles. The van der Waals surface area contributed by atoms with Gasteiger partial charge in [0.2, 0.25) is 5.91 Å². The van der Waals surface area contributed by atoms with Crippen LogP contribution in [0.4, 0.5) is 0 Å². The zero-order valence-corrected chi connectivity index (χ0v) is 14.7. The van der Waals surface area contributed by atoms with Gasteiger partial charge in [-0.05, 0) is 31.0 Å². The highest BCUT2D eigenvalue weighted by molar-refractivity contribution is 5.86. The molecule has 0 fully saturated rings. The molecule has 8 nitrogen and oxygen atoms in total. The lowest BCUT2D eigenvalue weighted by atomic mass is 10.1. The second-order valence-electron chi connectivity index (χ2n) is 5.11. The van der Waals surface area contributed by atoms with Gasteiger partial charge in [0.05, 0.1) is 20.8 Å². The number of esters is 1. The van der Waals surface area contributed by atoms with Crippen molar-refractivity contribution in [1.82, 2.24) is 10.6 Å². The molecule has 1 aromatic carbocycles. The summed E-state index contributed by atoms with van der Waals surface area (Å²) in [7, 11) is 3.10. The Hall–Kier alpha value is -2.77. The summed E-state index contributed by atoms with van der Waals surface area (Å²) in [5.74, 6) is -0.0633. The van der Waals surface area contributed by atoms with Crippen LogP contribution in [-0.2, 0) is 25.5 Å². The number of hydrogen-bond acceptors (Lipinski definition) is 6. The van der Waals surface area contributed by atoms with Crippen LogP contribution in [0, 0.1) is 0 Å². The molecule has 0 heterocycles. The smallest absolute Gasteiger partial charge is 0.306 e. The van der Waals surface area contributed by atoms with Crippen LogP contribution in [0.5, 0.6) is 11.5 Å². The first-order valence-electron chi connectivity index (χ1n) is 7.89. The third-order valence-electron chi connectivity index (χ3n) is 3.21. The van der Waals surface area contributed by atoms with Crippen LogP contribution in [0.2, 0.25) is 0 Å². The Balaban J connectivity index is 2.35. The molecule has 138 valence electrons. The lowest BCUT2D eigenvalue weighted by Gasteiger charge is -2.09. The number of likely N-dealkylation sites (N-methyl/N-ethyl adjacent to an activating group) is 1. The Morgan fingerprint density at radius 2 is 1.60 bits per heavy atom. The average molecular weight is 352 g/mol. The van der Waals surface area contributed by atoms with Crippen molar-refractivity contribution in [3.63, 3.8) is 0 Å². The van der Waals surface area contributed by atoms with Crippen LogP contribution >= 0.6 is 0 Å². The van der Waals surface area contributed by atoms with Crippen molar-refractivity contribution >= 4 is 17.8 Å². The van der Waals surface area contributed by atoms with Crippen LogP contribution in [0.25, 0.3) is 0 Å². The number of hydrogen-bond donors (Lipinski definition) is 2. The van der Waals surface area contributed by atoms with Gasteiger partial charge in [-0.25, -0.2) is 0 Å². The monoisotopic (exact) mass is 352 g/mol. The topological polar surface area (TPSA) is 103 Å². The van der Waals surface area contributed by atoms with E-state index in [1.54, 1.807) is 39.3 Å². The van der Waals surface area contributed by atoms with Crippen molar-refractivity contribution < 1.29 is 28.6 Å². The molecule has 0 spiro atoms. The third kappa shape index (κ3) is 8.05. The second-order valence-corrected chi connectivity index (χ2v) is 5.11. The molecule has 8 heteroatoms. The van der Waals surface area contributed by atoms with E-state index in [2.05, 4.69) is 10.6 Å². The second kappa shape index (κ2) is 10.9. The Kier molecular flexibility index (Phi) is 8.84. The molecule has 2 N–H and O–H groups in total. The van der Waals surface area contributed by atoms with Gasteiger partial charge in [0.25, 0.3) is 5.91 Å². The molecule has 0 aliphatic rings. The lowest BCUT2D eigenvalue weighted by Crippen LogP contribution is -2.38. The van der Waals surface area contributed by atoms with E-state index in [1.807, 2.05) is 0 Å². The Morgan fingerprint density at radius 1 is 0.960 bits per heavy atom. The maximum Gasteiger partial charge on any atom is 0.306 e. The van der Waals surface area contributed by atoms with Gasteiger partial charge in [0, 0.05) is 19.0 Å². The highest BCUT2D eigenvalue weighted by Crippen LogP contribution is 2.23. The molecule has 1 aromatic rings. The number of carbonyl (C=O) groups is 3. The lowest BCUT2D eigenvalue weighted by molar-refractivity contribution is -0.148. The molecule has 0 aliphatic heterocycles. The Morgan fingerprint density at radius 3 is 2.16 bits per heavy atom. The molecular formula is C17H24N2O6. The zero-order valence-electron chi connectivity index (χ0n) is 14.7. The van der Waals surface area contributed by atoms with Gasteiger partial charge in [-0.1, -0.05) is 0 Å². The number of aryl methyl sites for hydroxylation is 1. The quantitative estimate of drug-likeness (QED) is 0.592. The predicted octanol–water partition coefficient (Wildman–Crippen LogP) is 0.432. The number of carbonyl (C=O) groups excluding carboxylic acids is 3. The van der Waals surface area contributed by atoms with Crippen molar-refractivity contribution in [1.29, 1.82) is 0 Å². The zero-order chi connectivity index (χ0) is 18.7. The van der Waals surface area contributed by atoms with Gasteiger partial charge in [-0.2, -0.15) is 0 Å². The standard InChI is InChI=1S/C17H24N2O6/c1-4-18-15(20)10-19-16(21)11-25-17(22)6-5-12-7-13(23-2)9-14(8-12)24-3/h7-9H,4-6,10-11H2,1-3H3,(H,18,20)(H,19,21). The van der Waals surface area contributed by atoms with Crippen LogP contribution in [-0.4, -0.2) is 51.7 Å². The van der Waals surface area contributed by atoms with E-state index < -0.39 is 18.5 Å². The summed E-state index contributed by atoms with van der Waals surface area (Å²) in [4.78, 5) is 34.4. The molecule has 0 bridgehead atoms. The molecule has 2 amide bonds. The number of methoxy groups -OCH3 is 2. The van der Waals surface area contributed by atoms with Crippen LogP contribution in [0.1, 0.15) is 18.9 Å². The number of nitrogens with one attached hydrogen (secondary N) is 2. The van der Waals surface area contributed by atoms with Crippen LogP contribution in [0.3, 0.4) is 0 Å². The van der Waals surface area contributed by atoms with Gasteiger partial charge < -0.3 is 24.8 Å². The summed E-state index contributed by atoms with van der Waals surface area (Å²) in [6.07, 6.45) is 0.535. The third-order valence-corrected chi connectivity index (χ3v) is 3.21. The number of amides is 2.